The number of benzene rings is 1. The van der Waals surface area contributed by atoms with E-state index in [-0.39, 0.29) is 17.9 Å². The van der Waals surface area contributed by atoms with Crippen molar-refractivity contribution in [3.8, 4) is 0 Å². The first-order valence-corrected chi connectivity index (χ1v) is 6.79. The second-order valence-corrected chi connectivity index (χ2v) is 4.79. The topological polar surface area (TPSA) is 37.4 Å². The number of amides is 2. The summed E-state index contributed by atoms with van der Waals surface area (Å²) >= 11 is 0. The third kappa shape index (κ3) is 3.31. The van der Waals surface area contributed by atoms with Crippen molar-refractivity contribution in [3.05, 3.63) is 48.0 Å². The van der Waals surface area contributed by atoms with Gasteiger partial charge in [0, 0.05) is 12.5 Å². The molecule has 0 aliphatic carbocycles. The van der Waals surface area contributed by atoms with E-state index in [9.17, 15) is 9.59 Å². The van der Waals surface area contributed by atoms with Crippen LogP contribution in [0.4, 0.5) is 0 Å². The van der Waals surface area contributed by atoms with Crippen LogP contribution >= 0.6 is 0 Å². The average Bonchev–Trinajstić information content (AvgIpc) is 2.78. The summed E-state index contributed by atoms with van der Waals surface area (Å²) in [4.78, 5) is 25.3. The number of carbonyl (C=O) groups excluding carboxylic acids is 2. The summed E-state index contributed by atoms with van der Waals surface area (Å²) in [5.74, 6) is -0.225. The fourth-order valence-electron chi connectivity index (χ4n) is 2.42. The zero-order valence-corrected chi connectivity index (χ0v) is 11.2. The van der Waals surface area contributed by atoms with Gasteiger partial charge in [-0.25, -0.2) is 0 Å². The first-order chi connectivity index (χ1) is 9.22. The third-order valence-corrected chi connectivity index (χ3v) is 3.37. The SMILES string of the molecule is CC/C=C/C(=O)N1C(=O)CC[C@@H]1Cc1ccccc1. The van der Waals surface area contributed by atoms with E-state index in [4.69, 9.17) is 0 Å². The minimum absolute atomic E-state index is 0.00362. The van der Waals surface area contributed by atoms with Crippen molar-refractivity contribution in [2.75, 3.05) is 0 Å². The quantitative estimate of drug-likeness (QED) is 0.778. The molecule has 1 fully saturated rings. The Hall–Kier alpha value is -1.90. The van der Waals surface area contributed by atoms with E-state index in [2.05, 4.69) is 0 Å². The lowest BCUT2D eigenvalue weighted by Crippen LogP contribution is -2.38. The summed E-state index contributed by atoms with van der Waals surface area (Å²) in [5.41, 5.74) is 1.17. The van der Waals surface area contributed by atoms with E-state index >= 15 is 0 Å². The molecule has 0 N–H and O–H groups in total. The summed E-state index contributed by atoms with van der Waals surface area (Å²) in [7, 11) is 0. The molecule has 0 radical (unpaired) electrons. The van der Waals surface area contributed by atoms with Gasteiger partial charge in [-0.2, -0.15) is 0 Å². The Kier molecular flexibility index (Phi) is 4.50. The number of likely N-dealkylation sites (tertiary alicyclic amines) is 1. The molecule has 1 aliphatic heterocycles. The van der Waals surface area contributed by atoms with Crippen molar-refractivity contribution in [1.29, 1.82) is 0 Å². The third-order valence-electron chi connectivity index (χ3n) is 3.37. The highest BCUT2D eigenvalue weighted by molar-refractivity contribution is 6.02. The second-order valence-electron chi connectivity index (χ2n) is 4.79. The number of nitrogens with zero attached hydrogens (tertiary/aromatic N) is 1. The van der Waals surface area contributed by atoms with Crippen LogP contribution in [0.25, 0.3) is 0 Å². The first-order valence-electron chi connectivity index (χ1n) is 6.79. The minimum atomic E-state index is -0.176. The van der Waals surface area contributed by atoms with E-state index < -0.39 is 0 Å². The first kappa shape index (κ1) is 13.5. The molecule has 0 spiro atoms. The molecule has 0 saturated carbocycles. The van der Waals surface area contributed by atoms with Crippen LogP contribution in [0.3, 0.4) is 0 Å². The van der Waals surface area contributed by atoms with Crippen LogP contribution in [0.2, 0.25) is 0 Å². The highest BCUT2D eigenvalue weighted by Gasteiger charge is 2.34. The highest BCUT2D eigenvalue weighted by atomic mass is 16.2. The largest absolute Gasteiger partial charge is 0.276 e. The molecule has 0 unspecified atom stereocenters. The van der Waals surface area contributed by atoms with E-state index in [0.717, 1.165) is 19.3 Å². The van der Waals surface area contributed by atoms with Crippen LogP contribution in [0.15, 0.2) is 42.5 Å². The van der Waals surface area contributed by atoms with E-state index in [1.54, 1.807) is 6.08 Å². The number of rotatable bonds is 4. The molecule has 1 atom stereocenters. The normalized spacial score (nSPS) is 19.3. The zero-order valence-electron chi connectivity index (χ0n) is 11.2. The van der Waals surface area contributed by atoms with Crippen molar-refractivity contribution in [2.45, 2.75) is 38.6 Å². The Morgan fingerprint density at radius 3 is 2.79 bits per heavy atom. The van der Waals surface area contributed by atoms with Gasteiger partial charge >= 0.3 is 0 Å². The number of imide groups is 1. The summed E-state index contributed by atoms with van der Waals surface area (Å²) in [5, 5.41) is 0. The molecule has 1 aromatic carbocycles. The predicted octanol–water partition coefficient (Wildman–Crippen LogP) is 2.71. The van der Waals surface area contributed by atoms with Crippen molar-refractivity contribution < 1.29 is 9.59 Å². The standard InChI is InChI=1S/C16H19NO2/c1-2-3-9-15(18)17-14(10-11-16(17)19)12-13-7-5-4-6-8-13/h3-9,14H,2,10-12H2,1H3/b9-3+/t14-/m1/s1. The Balaban J connectivity index is 2.09. The van der Waals surface area contributed by atoms with Gasteiger partial charge in [-0.3, -0.25) is 14.5 Å². The van der Waals surface area contributed by atoms with Crippen molar-refractivity contribution in [2.24, 2.45) is 0 Å². The average molecular weight is 257 g/mol. The Bertz CT molecular complexity index is 479. The molecule has 100 valence electrons. The zero-order chi connectivity index (χ0) is 13.7. The predicted molar refractivity (Wildman–Crippen MR) is 74.5 cm³/mol. The molecule has 2 amide bonds. The monoisotopic (exact) mass is 257 g/mol. The molecule has 2 rings (SSSR count). The van der Waals surface area contributed by atoms with Gasteiger partial charge in [-0.15, -0.1) is 0 Å². The maximum absolute atomic E-state index is 12.0. The Morgan fingerprint density at radius 2 is 2.11 bits per heavy atom. The van der Waals surface area contributed by atoms with Gasteiger partial charge in [0.05, 0.1) is 0 Å². The van der Waals surface area contributed by atoms with Crippen molar-refractivity contribution >= 4 is 11.8 Å². The minimum Gasteiger partial charge on any atom is -0.276 e. The molecule has 0 bridgehead atoms. The molecule has 3 nitrogen and oxygen atoms in total. The number of hydrogen-bond acceptors (Lipinski definition) is 2. The van der Waals surface area contributed by atoms with Gasteiger partial charge in [0.15, 0.2) is 0 Å². The number of carbonyl (C=O) groups is 2. The lowest BCUT2D eigenvalue weighted by molar-refractivity contribution is -0.140. The van der Waals surface area contributed by atoms with Gasteiger partial charge in [-0.05, 0) is 30.9 Å². The van der Waals surface area contributed by atoms with E-state index in [1.807, 2.05) is 37.3 Å². The van der Waals surface area contributed by atoms with Crippen molar-refractivity contribution in [1.82, 2.24) is 4.90 Å². The van der Waals surface area contributed by atoms with Crippen LogP contribution in [-0.4, -0.2) is 22.8 Å². The van der Waals surface area contributed by atoms with Crippen molar-refractivity contribution in [3.63, 3.8) is 0 Å². The molecule has 0 aromatic heterocycles. The number of allylic oxidation sites excluding steroid dienone is 1. The van der Waals surface area contributed by atoms with Crippen LogP contribution in [0.1, 0.15) is 31.7 Å². The van der Waals surface area contributed by atoms with Gasteiger partial charge in [0.2, 0.25) is 5.91 Å². The summed E-state index contributed by atoms with van der Waals surface area (Å²) < 4.78 is 0. The van der Waals surface area contributed by atoms with Gasteiger partial charge < -0.3 is 0 Å². The molecule has 19 heavy (non-hydrogen) atoms. The maximum atomic E-state index is 12.0. The lowest BCUT2D eigenvalue weighted by atomic mass is 10.0. The Morgan fingerprint density at radius 1 is 1.37 bits per heavy atom. The molecule has 1 heterocycles. The molecular formula is C16H19NO2. The summed E-state index contributed by atoms with van der Waals surface area (Å²) in [6.07, 6.45) is 6.10. The second kappa shape index (κ2) is 6.32. The van der Waals surface area contributed by atoms with Crippen LogP contribution < -0.4 is 0 Å². The molecule has 1 aliphatic rings. The molecular weight excluding hydrogens is 238 g/mol. The van der Waals surface area contributed by atoms with Crippen LogP contribution in [-0.2, 0) is 16.0 Å². The van der Waals surface area contributed by atoms with Crippen LogP contribution in [0.5, 0.6) is 0 Å². The fraction of sp³-hybridized carbons (Fsp3) is 0.375. The molecule has 1 saturated heterocycles. The van der Waals surface area contributed by atoms with Gasteiger partial charge in [0.1, 0.15) is 0 Å². The highest BCUT2D eigenvalue weighted by Crippen LogP contribution is 2.22. The number of hydrogen-bond donors (Lipinski definition) is 0. The molecule has 3 heteroatoms. The summed E-state index contributed by atoms with van der Waals surface area (Å²) in [6, 6.07) is 10.0. The van der Waals surface area contributed by atoms with E-state index in [1.165, 1.54) is 16.5 Å². The molecule has 1 aromatic rings. The summed E-state index contributed by atoms with van der Waals surface area (Å²) in [6.45, 7) is 1.97. The maximum Gasteiger partial charge on any atom is 0.253 e. The Labute approximate surface area is 113 Å². The van der Waals surface area contributed by atoms with Gasteiger partial charge in [-0.1, -0.05) is 43.3 Å². The smallest absolute Gasteiger partial charge is 0.253 e. The van der Waals surface area contributed by atoms with Gasteiger partial charge in [0.25, 0.3) is 5.91 Å². The van der Waals surface area contributed by atoms with E-state index in [0.29, 0.717) is 6.42 Å². The fourth-order valence-corrected chi connectivity index (χ4v) is 2.42. The van der Waals surface area contributed by atoms with Crippen LogP contribution in [0, 0.1) is 0 Å². The lowest BCUT2D eigenvalue weighted by Gasteiger charge is -2.21.